The molecule has 0 fully saturated rings. The molecule has 0 aromatic heterocycles. The zero-order chi connectivity index (χ0) is 26.8. The molecule has 8 heteroatoms. The lowest BCUT2D eigenvalue weighted by molar-refractivity contribution is -0.118. The van der Waals surface area contributed by atoms with Gasteiger partial charge in [0.1, 0.15) is 11.6 Å². The molecule has 0 spiro atoms. The molecule has 0 bridgehead atoms. The van der Waals surface area contributed by atoms with Gasteiger partial charge in [0.05, 0.1) is 17.7 Å². The molecule has 7 nitrogen and oxygen atoms in total. The topological polar surface area (TPSA) is 100 Å². The molecule has 0 saturated heterocycles. The lowest BCUT2D eigenvalue weighted by atomic mass is 10.1. The molecule has 0 aliphatic heterocycles. The predicted molar refractivity (Wildman–Crippen MR) is 145 cm³/mol. The molecule has 0 aliphatic carbocycles. The molecular weight excluding hydrogens is 490 g/mol. The molecule has 0 saturated carbocycles. The summed E-state index contributed by atoms with van der Waals surface area (Å²) in [5.41, 5.74) is 3.04. The average Bonchev–Trinajstić information content (AvgIpc) is 2.88. The number of nitriles is 1. The highest BCUT2D eigenvalue weighted by Crippen LogP contribution is 2.37. The number of ether oxygens (including phenoxy) is 2. The largest absolute Gasteiger partial charge is 0.490 e. The quantitative estimate of drug-likeness (QED) is 0.259. The van der Waals surface area contributed by atoms with Gasteiger partial charge in [-0.15, -0.1) is 0 Å². The van der Waals surface area contributed by atoms with Crippen LogP contribution in [0, 0.1) is 18.3 Å². The van der Waals surface area contributed by atoms with Crippen LogP contribution in [0.4, 0.5) is 5.69 Å². The van der Waals surface area contributed by atoms with E-state index < -0.39 is 5.91 Å². The van der Waals surface area contributed by atoms with Crippen LogP contribution >= 0.6 is 11.6 Å². The maximum absolute atomic E-state index is 12.7. The smallest absolute Gasteiger partial charge is 0.262 e. The minimum Gasteiger partial charge on any atom is -0.490 e. The van der Waals surface area contributed by atoms with Gasteiger partial charge in [-0.2, -0.15) is 5.26 Å². The minimum absolute atomic E-state index is 0.0903. The fourth-order valence-electron chi connectivity index (χ4n) is 3.46. The van der Waals surface area contributed by atoms with Gasteiger partial charge in [-0.25, -0.2) is 0 Å². The van der Waals surface area contributed by atoms with E-state index in [-0.39, 0.29) is 34.9 Å². The third-order valence-corrected chi connectivity index (χ3v) is 5.62. The van der Waals surface area contributed by atoms with Gasteiger partial charge in [0, 0.05) is 5.69 Å². The summed E-state index contributed by atoms with van der Waals surface area (Å²) in [5, 5.41) is 15.4. The Balaban J connectivity index is 1.74. The Morgan fingerprint density at radius 3 is 2.43 bits per heavy atom. The van der Waals surface area contributed by atoms with Crippen molar-refractivity contribution in [3.05, 3.63) is 94.0 Å². The fourth-order valence-corrected chi connectivity index (χ4v) is 3.73. The number of aryl methyl sites for hydroxylation is 1. The highest BCUT2D eigenvalue weighted by Gasteiger charge is 2.17. The molecule has 190 valence electrons. The summed E-state index contributed by atoms with van der Waals surface area (Å²) in [6.45, 7) is 5.63. The number of hydrogen-bond donors (Lipinski definition) is 2. The lowest BCUT2D eigenvalue weighted by Crippen LogP contribution is -2.27. The van der Waals surface area contributed by atoms with Crippen molar-refractivity contribution in [2.24, 2.45) is 0 Å². The molecule has 2 amide bonds. The number of hydrogen-bond acceptors (Lipinski definition) is 5. The van der Waals surface area contributed by atoms with E-state index in [1.54, 1.807) is 31.2 Å². The summed E-state index contributed by atoms with van der Waals surface area (Å²) < 4.78 is 11.3. The van der Waals surface area contributed by atoms with Crippen molar-refractivity contribution in [3.8, 4) is 17.6 Å². The number of halogens is 1. The zero-order valence-corrected chi connectivity index (χ0v) is 21.6. The third-order valence-electron chi connectivity index (χ3n) is 5.34. The van der Waals surface area contributed by atoms with Crippen molar-refractivity contribution >= 4 is 35.2 Å². The fraction of sp³-hybridized carbons (Fsp3) is 0.207. The number of anilines is 1. The van der Waals surface area contributed by atoms with Gasteiger partial charge in [0.15, 0.2) is 18.1 Å². The monoisotopic (exact) mass is 517 g/mol. The standard InChI is InChI=1S/C29H28ClN3O4/c1-4-36-26-16-21(14-23(17-31)29(35)32-20(3)22-8-6-5-7-9-22)15-25(30)28(26)37-18-27(34)33-24-12-10-19(2)11-13-24/h5-16,20H,4,18H2,1-3H3,(H,32,35)(H,33,34)/b23-14-/t20-/m0/s1. The number of rotatable bonds is 10. The average molecular weight is 518 g/mol. The Morgan fingerprint density at radius 2 is 1.78 bits per heavy atom. The van der Waals surface area contributed by atoms with Crippen LogP contribution in [0.2, 0.25) is 5.02 Å². The SMILES string of the molecule is CCOc1cc(/C=C(/C#N)C(=O)N[C@@H](C)c2ccccc2)cc(Cl)c1OCC(=O)Nc1ccc(C)cc1. The maximum atomic E-state index is 12.7. The Bertz CT molecular complexity index is 1320. The van der Waals surface area contributed by atoms with Gasteiger partial charge in [-0.3, -0.25) is 9.59 Å². The highest BCUT2D eigenvalue weighted by atomic mass is 35.5. The molecule has 0 heterocycles. The van der Waals surface area contributed by atoms with Crippen LogP contribution < -0.4 is 20.1 Å². The number of nitrogens with one attached hydrogen (secondary N) is 2. The summed E-state index contributed by atoms with van der Waals surface area (Å²) in [6, 6.07) is 21.6. The Morgan fingerprint density at radius 1 is 1.08 bits per heavy atom. The van der Waals surface area contributed by atoms with Crippen LogP contribution in [-0.4, -0.2) is 25.0 Å². The van der Waals surface area contributed by atoms with Gasteiger partial charge in [-0.05, 0) is 62.2 Å². The van der Waals surface area contributed by atoms with Gasteiger partial charge < -0.3 is 20.1 Å². The molecule has 37 heavy (non-hydrogen) atoms. The first-order valence-corrected chi connectivity index (χ1v) is 12.1. The van der Waals surface area contributed by atoms with E-state index >= 15 is 0 Å². The molecular formula is C29H28ClN3O4. The normalized spacial score (nSPS) is 11.7. The van der Waals surface area contributed by atoms with Crippen molar-refractivity contribution in [2.75, 3.05) is 18.5 Å². The third kappa shape index (κ3) is 7.86. The second-order valence-corrected chi connectivity index (χ2v) is 8.65. The van der Waals surface area contributed by atoms with Crippen LogP contribution in [0.5, 0.6) is 11.5 Å². The first-order valence-electron chi connectivity index (χ1n) is 11.7. The number of benzene rings is 3. The number of carbonyl (C=O) groups is 2. The van der Waals surface area contributed by atoms with Crippen molar-refractivity contribution < 1.29 is 19.1 Å². The number of amides is 2. The van der Waals surface area contributed by atoms with Crippen molar-refractivity contribution in [1.82, 2.24) is 5.32 Å². The molecule has 3 aromatic rings. The summed E-state index contributed by atoms with van der Waals surface area (Å²) in [6.07, 6.45) is 1.43. The van der Waals surface area contributed by atoms with Gasteiger partial charge in [0.2, 0.25) is 0 Å². The van der Waals surface area contributed by atoms with Crippen LogP contribution in [0.1, 0.15) is 36.6 Å². The first kappa shape index (κ1) is 27.3. The van der Waals surface area contributed by atoms with Crippen LogP contribution in [0.3, 0.4) is 0 Å². The molecule has 0 aliphatic rings. The van der Waals surface area contributed by atoms with Crippen molar-refractivity contribution in [3.63, 3.8) is 0 Å². The summed E-state index contributed by atoms with van der Waals surface area (Å²) in [5.74, 6) is -0.386. The minimum atomic E-state index is -0.513. The highest BCUT2D eigenvalue weighted by molar-refractivity contribution is 6.32. The molecule has 0 radical (unpaired) electrons. The van der Waals surface area contributed by atoms with E-state index in [9.17, 15) is 14.9 Å². The second-order valence-electron chi connectivity index (χ2n) is 8.24. The first-order chi connectivity index (χ1) is 17.8. The van der Waals surface area contributed by atoms with Crippen LogP contribution in [0.25, 0.3) is 6.08 Å². The summed E-state index contributed by atoms with van der Waals surface area (Å²) >= 11 is 6.45. The summed E-state index contributed by atoms with van der Waals surface area (Å²) in [4.78, 5) is 25.1. The van der Waals surface area contributed by atoms with Gasteiger partial charge in [-0.1, -0.05) is 59.6 Å². The molecule has 3 aromatic carbocycles. The van der Waals surface area contributed by atoms with E-state index in [0.29, 0.717) is 23.6 Å². The van der Waals surface area contributed by atoms with Crippen molar-refractivity contribution in [2.45, 2.75) is 26.8 Å². The zero-order valence-electron chi connectivity index (χ0n) is 20.9. The van der Waals surface area contributed by atoms with E-state index in [0.717, 1.165) is 11.1 Å². The van der Waals surface area contributed by atoms with Gasteiger partial charge >= 0.3 is 0 Å². The Hall–Kier alpha value is -4.28. The van der Waals surface area contributed by atoms with Crippen LogP contribution in [0.15, 0.2) is 72.3 Å². The van der Waals surface area contributed by atoms with E-state index in [1.165, 1.54) is 6.08 Å². The van der Waals surface area contributed by atoms with E-state index in [1.807, 2.05) is 62.4 Å². The lowest BCUT2D eigenvalue weighted by Gasteiger charge is -2.15. The van der Waals surface area contributed by atoms with Crippen molar-refractivity contribution in [1.29, 1.82) is 5.26 Å². The van der Waals surface area contributed by atoms with E-state index in [2.05, 4.69) is 10.6 Å². The molecule has 1 atom stereocenters. The van der Waals surface area contributed by atoms with Gasteiger partial charge in [0.25, 0.3) is 11.8 Å². The molecule has 0 unspecified atom stereocenters. The molecule has 2 N–H and O–H groups in total. The Labute approximate surface area is 221 Å². The molecule has 3 rings (SSSR count). The predicted octanol–water partition coefficient (Wildman–Crippen LogP) is 5.85. The maximum Gasteiger partial charge on any atom is 0.262 e. The number of carbonyl (C=O) groups excluding carboxylic acids is 2. The summed E-state index contributed by atoms with van der Waals surface area (Å²) in [7, 11) is 0. The Kier molecular flexibility index (Phi) is 9.70. The van der Waals surface area contributed by atoms with E-state index in [4.69, 9.17) is 21.1 Å². The second kappa shape index (κ2) is 13.1. The number of nitrogens with zero attached hydrogens (tertiary/aromatic N) is 1. The van der Waals surface area contributed by atoms with Crippen LogP contribution in [-0.2, 0) is 9.59 Å².